The lowest BCUT2D eigenvalue weighted by Gasteiger charge is -2.14. The van der Waals surface area contributed by atoms with Gasteiger partial charge in [0.05, 0.1) is 11.8 Å². The van der Waals surface area contributed by atoms with Gasteiger partial charge in [-0.15, -0.1) is 0 Å². The third kappa shape index (κ3) is 1.71. The Morgan fingerprint density at radius 1 is 1.21 bits per heavy atom. The second-order valence-corrected chi connectivity index (χ2v) is 4.84. The third-order valence-corrected chi connectivity index (χ3v) is 3.77. The van der Waals surface area contributed by atoms with Crippen LogP contribution in [0.15, 0.2) is 18.2 Å². The van der Waals surface area contributed by atoms with E-state index in [2.05, 4.69) is 4.98 Å². The highest BCUT2D eigenvalue weighted by Crippen LogP contribution is 2.41. The molecule has 0 aromatic carbocycles. The summed E-state index contributed by atoms with van der Waals surface area (Å²) in [6.45, 7) is 0. The van der Waals surface area contributed by atoms with E-state index in [0.29, 0.717) is 0 Å². The van der Waals surface area contributed by atoms with Gasteiger partial charge >= 0.3 is 5.97 Å². The SMILES string of the molecule is O=C(O)c1cccc(N2C(=O)C3CCCC3C2=O)n1. The molecule has 2 heterocycles. The quantitative estimate of drug-likeness (QED) is 0.803. The molecule has 2 unspecified atom stereocenters. The van der Waals surface area contributed by atoms with Crippen LogP contribution in [-0.2, 0) is 9.59 Å². The zero-order valence-electron chi connectivity index (χ0n) is 10.1. The number of amides is 2. The first-order chi connectivity index (χ1) is 9.09. The molecule has 0 spiro atoms. The molecule has 6 nitrogen and oxygen atoms in total. The van der Waals surface area contributed by atoms with Gasteiger partial charge in [-0.3, -0.25) is 9.59 Å². The van der Waals surface area contributed by atoms with Crippen molar-refractivity contribution in [3.05, 3.63) is 23.9 Å². The van der Waals surface area contributed by atoms with Gasteiger partial charge in [-0.2, -0.15) is 0 Å². The Morgan fingerprint density at radius 3 is 2.42 bits per heavy atom. The Hall–Kier alpha value is -2.24. The fraction of sp³-hybridized carbons (Fsp3) is 0.385. The van der Waals surface area contributed by atoms with E-state index in [9.17, 15) is 14.4 Å². The highest BCUT2D eigenvalue weighted by Gasteiger charge is 2.50. The van der Waals surface area contributed by atoms with E-state index >= 15 is 0 Å². The minimum absolute atomic E-state index is 0.115. The third-order valence-electron chi connectivity index (χ3n) is 3.77. The zero-order chi connectivity index (χ0) is 13.6. The van der Waals surface area contributed by atoms with Crippen LogP contribution in [0.5, 0.6) is 0 Å². The normalized spacial score (nSPS) is 25.8. The maximum absolute atomic E-state index is 12.2. The Bertz CT molecular complexity index is 562. The topological polar surface area (TPSA) is 87.6 Å². The van der Waals surface area contributed by atoms with Crippen LogP contribution in [0.4, 0.5) is 5.82 Å². The number of rotatable bonds is 2. The van der Waals surface area contributed by atoms with Crippen molar-refractivity contribution in [3.63, 3.8) is 0 Å². The van der Waals surface area contributed by atoms with E-state index in [4.69, 9.17) is 5.11 Å². The molecule has 1 aliphatic heterocycles. The summed E-state index contributed by atoms with van der Waals surface area (Å²) in [4.78, 5) is 40.2. The number of hydrogen-bond acceptors (Lipinski definition) is 4. The number of imide groups is 1. The van der Waals surface area contributed by atoms with Crippen molar-refractivity contribution >= 4 is 23.6 Å². The van der Waals surface area contributed by atoms with Crippen LogP contribution < -0.4 is 4.90 Å². The molecule has 1 aromatic rings. The van der Waals surface area contributed by atoms with Gasteiger partial charge in [0.2, 0.25) is 11.8 Å². The number of anilines is 1. The molecule has 98 valence electrons. The number of hydrogen-bond donors (Lipinski definition) is 1. The summed E-state index contributed by atoms with van der Waals surface area (Å²) in [7, 11) is 0. The molecular formula is C13H12N2O4. The standard InChI is InChI=1S/C13H12N2O4/c16-11-7-3-1-4-8(7)12(17)15(11)10-6-2-5-9(14-10)13(18)19/h2,5-8H,1,3-4H2,(H,18,19). The number of fused-ring (bicyclic) bond motifs is 1. The maximum atomic E-state index is 12.2. The number of pyridine rings is 1. The van der Waals surface area contributed by atoms with Gasteiger partial charge < -0.3 is 5.11 Å². The summed E-state index contributed by atoms with van der Waals surface area (Å²) in [5, 5.41) is 8.89. The Balaban J connectivity index is 1.98. The van der Waals surface area contributed by atoms with Crippen molar-refractivity contribution in [3.8, 4) is 0 Å². The molecule has 1 saturated carbocycles. The molecule has 1 N–H and O–H groups in total. The molecule has 0 radical (unpaired) electrons. The van der Waals surface area contributed by atoms with Gasteiger partial charge in [0, 0.05) is 0 Å². The van der Waals surface area contributed by atoms with Crippen molar-refractivity contribution in [2.45, 2.75) is 19.3 Å². The number of carboxylic acid groups (broad SMARTS) is 1. The molecule has 1 aliphatic carbocycles. The van der Waals surface area contributed by atoms with Crippen LogP contribution in [0.2, 0.25) is 0 Å². The van der Waals surface area contributed by atoms with E-state index < -0.39 is 5.97 Å². The molecule has 2 atom stereocenters. The lowest BCUT2D eigenvalue weighted by molar-refractivity contribution is -0.122. The molecule has 6 heteroatoms. The van der Waals surface area contributed by atoms with E-state index in [0.717, 1.165) is 24.2 Å². The summed E-state index contributed by atoms with van der Waals surface area (Å²) < 4.78 is 0. The molecule has 0 bridgehead atoms. The first kappa shape index (κ1) is 11.8. The van der Waals surface area contributed by atoms with Gasteiger partial charge in [-0.05, 0) is 25.0 Å². The smallest absolute Gasteiger partial charge is 0.354 e. The van der Waals surface area contributed by atoms with Crippen LogP contribution in [0.3, 0.4) is 0 Å². The lowest BCUT2D eigenvalue weighted by Crippen LogP contribution is -2.32. The van der Waals surface area contributed by atoms with E-state index in [-0.39, 0.29) is 35.2 Å². The number of carbonyl (C=O) groups is 3. The van der Waals surface area contributed by atoms with Gasteiger partial charge in [-0.25, -0.2) is 14.7 Å². The van der Waals surface area contributed by atoms with Crippen molar-refractivity contribution in [2.24, 2.45) is 11.8 Å². The molecule has 1 saturated heterocycles. The Morgan fingerprint density at radius 2 is 1.84 bits per heavy atom. The Kier molecular flexibility index (Phi) is 2.58. The van der Waals surface area contributed by atoms with Gasteiger partial charge in [-0.1, -0.05) is 12.5 Å². The van der Waals surface area contributed by atoms with E-state index in [1.807, 2.05) is 0 Å². The van der Waals surface area contributed by atoms with Crippen molar-refractivity contribution in [1.29, 1.82) is 0 Å². The summed E-state index contributed by atoms with van der Waals surface area (Å²) in [6, 6.07) is 4.31. The zero-order valence-corrected chi connectivity index (χ0v) is 10.1. The van der Waals surface area contributed by atoms with Crippen molar-refractivity contribution in [1.82, 2.24) is 4.98 Å². The molecule has 2 fully saturated rings. The van der Waals surface area contributed by atoms with E-state index in [1.165, 1.54) is 18.2 Å². The second kappa shape index (κ2) is 4.15. The number of aromatic carboxylic acids is 1. The highest BCUT2D eigenvalue weighted by atomic mass is 16.4. The van der Waals surface area contributed by atoms with E-state index in [1.54, 1.807) is 0 Å². The number of carbonyl (C=O) groups excluding carboxylic acids is 2. The van der Waals surface area contributed by atoms with Crippen LogP contribution in [-0.4, -0.2) is 27.9 Å². The number of aromatic nitrogens is 1. The van der Waals surface area contributed by atoms with Crippen LogP contribution in [0, 0.1) is 11.8 Å². The minimum atomic E-state index is -1.18. The molecule has 19 heavy (non-hydrogen) atoms. The van der Waals surface area contributed by atoms with Crippen LogP contribution >= 0.6 is 0 Å². The van der Waals surface area contributed by atoms with Gasteiger partial charge in [0.1, 0.15) is 5.82 Å². The van der Waals surface area contributed by atoms with Crippen molar-refractivity contribution < 1.29 is 19.5 Å². The molecular weight excluding hydrogens is 248 g/mol. The average molecular weight is 260 g/mol. The molecule has 2 amide bonds. The summed E-state index contributed by atoms with van der Waals surface area (Å²) >= 11 is 0. The average Bonchev–Trinajstić information content (AvgIpc) is 2.95. The lowest BCUT2D eigenvalue weighted by atomic mass is 10.00. The summed E-state index contributed by atoms with van der Waals surface area (Å²) in [6.07, 6.45) is 2.35. The largest absolute Gasteiger partial charge is 0.477 e. The maximum Gasteiger partial charge on any atom is 0.354 e. The van der Waals surface area contributed by atoms with Crippen LogP contribution in [0.25, 0.3) is 0 Å². The fourth-order valence-corrected chi connectivity index (χ4v) is 2.88. The predicted molar refractivity (Wildman–Crippen MR) is 64.5 cm³/mol. The highest BCUT2D eigenvalue weighted by molar-refractivity contribution is 6.21. The van der Waals surface area contributed by atoms with Gasteiger partial charge in [0.15, 0.2) is 5.69 Å². The van der Waals surface area contributed by atoms with Gasteiger partial charge in [0.25, 0.3) is 0 Å². The van der Waals surface area contributed by atoms with Crippen molar-refractivity contribution in [2.75, 3.05) is 4.90 Å². The predicted octanol–water partition coefficient (Wildman–Crippen LogP) is 1.07. The Labute approximate surface area is 109 Å². The first-order valence-electron chi connectivity index (χ1n) is 6.18. The molecule has 1 aromatic heterocycles. The number of carboxylic acids is 1. The minimum Gasteiger partial charge on any atom is -0.477 e. The molecule has 2 aliphatic rings. The summed E-state index contributed by atoms with van der Waals surface area (Å²) in [5.41, 5.74) is -0.171. The number of nitrogens with zero attached hydrogens (tertiary/aromatic N) is 2. The monoisotopic (exact) mass is 260 g/mol. The van der Waals surface area contributed by atoms with Crippen LogP contribution in [0.1, 0.15) is 29.8 Å². The fourth-order valence-electron chi connectivity index (χ4n) is 2.88. The molecule has 3 rings (SSSR count). The second-order valence-electron chi connectivity index (χ2n) is 4.84. The summed E-state index contributed by atoms with van der Waals surface area (Å²) in [5.74, 6) is -2.05. The first-order valence-corrected chi connectivity index (χ1v) is 6.18.